The van der Waals surface area contributed by atoms with Crippen molar-refractivity contribution in [3.63, 3.8) is 0 Å². The van der Waals surface area contributed by atoms with Gasteiger partial charge in [-0.25, -0.2) is 4.98 Å². The Kier molecular flexibility index (Phi) is 5.77. The van der Waals surface area contributed by atoms with Crippen LogP contribution in [0.5, 0.6) is 5.75 Å². The highest BCUT2D eigenvalue weighted by Crippen LogP contribution is 2.45. The number of hydrogen-bond acceptors (Lipinski definition) is 6. The lowest BCUT2D eigenvalue weighted by Gasteiger charge is -2.23. The summed E-state index contributed by atoms with van der Waals surface area (Å²) < 4.78 is 6.07. The van der Waals surface area contributed by atoms with E-state index in [4.69, 9.17) is 27.9 Å². The number of carbonyl (C=O) groups is 2. The minimum atomic E-state index is -0.947. The third kappa shape index (κ3) is 3.72. The largest absolute Gasteiger partial charge is 0.507 e. The molecule has 5 rings (SSSR count). The van der Waals surface area contributed by atoms with Crippen LogP contribution in [0.4, 0.5) is 5.13 Å². The van der Waals surface area contributed by atoms with E-state index in [9.17, 15) is 14.7 Å². The molecule has 9 heteroatoms. The topological polar surface area (TPSA) is 79.7 Å². The fourth-order valence-corrected chi connectivity index (χ4v) is 5.23. The van der Waals surface area contributed by atoms with Crippen LogP contribution in [0.1, 0.15) is 17.2 Å². The number of anilines is 1. The quantitative estimate of drug-likeness (QED) is 0.199. The zero-order valence-corrected chi connectivity index (χ0v) is 20.0. The van der Waals surface area contributed by atoms with E-state index >= 15 is 0 Å². The van der Waals surface area contributed by atoms with E-state index in [0.717, 1.165) is 4.70 Å². The van der Waals surface area contributed by atoms with E-state index in [1.165, 1.54) is 16.2 Å². The molecule has 170 valence electrons. The first-order valence-corrected chi connectivity index (χ1v) is 11.7. The summed E-state index contributed by atoms with van der Waals surface area (Å²) in [6.45, 7) is 0. The second-order valence-electron chi connectivity index (χ2n) is 7.54. The van der Waals surface area contributed by atoms with E-state index in [1.807, 2.05) is 6.07 Å². The van der Waals surface area contributed by atoms with Gasteiger partial charge in [-0.05, 0) is 35.9 Å². The first kappa shape index (κ1) is 22.4. The molecule has 34 heavy (non-hydrogen) atoms. The summed E-state index contributed by atoms with van der Waals surface area (Å²) in [7, 11) is 1.56. The highest BCUT2D eigenvalue weighted by atomic mass is 35.5. The summed E-state index contributed by atoms with van der Waals surface area (Å²) in [4.78, 5) is 32.4. The number of rotatable bonds is 4. The standard InChI is InChI=1S/C25H16Cl2N2O4S/c1-33-15-8-10-18-19(12-15)34-25(28-18)29-21(14-7-9-16(26)17(27)11-14)20(23(31)24(29)32)22(30)13-5-3-2-4-6-13/h2-12,21,30H,1H3/b22-20+. The predicted octanol–water partition coefficient (Wildman–Crippen LogP) is 6.24. The van der Waals surface area contributed by atoms with Crippen molar-refractivity contribution < 1.29 is 19.4 Å². The smallest absolute Gasteiger partial charge is 0.301 e. The molecule has 2 heterocycles. The average molecular weight is 511 g/mol. The average Bonchev–Trinajstić information content (AvgIpc) is 3.38. The number of methoxy groups -OCH3 is 1. The summed E-state index contributed by atoms with van der Waals surface area (Å²) in [6.07, 6.45) is 0. The highest BCUT2D eigenvalue weighted by Gasteiger charge is 2.48. The maximum absolute atomic E-state index is 13.3. The lowest BCUT2D eigenvalue weighted by atomic mass is 9.95. The third-order valence-electron chi connectivity index (χ3n) is 5.54. The Labute approximate surface area is 208 Å². The zero-order chi connectivity index (χ0) is 24.0. The molecule has 1 atom stereocenters. The van der Waals surface area contributed by atoms with Gasteiger partial charge in [0.05, 0.1) is 39.0 Å². The lowest BCUT2D eigenvalue weighted by molar-refractivity contribution is -0.132. The van der Waals surface area contributed by atoms with Crippen molar-refractivity contribution in [1.29, 1.82) is 0 Å². The van der Waals surface area contributed by atoms with Gasteiger partial charge < -0.3 is 9.84 Å². The Balaban J connectivity index is 1.74. The number of aliphatic hydroxyl groups excluding tert-OH is 1. The number of ether oxygens (including phenoxy) is 1. The first-order chi connectivity index (χ1) is 16.4. The van der Waals surface area contributed by atoms with Crippen LogP contribution in [-0.2, 0) is 9.59 Å². The van der Waals surface area contributed by atoms with Gasteiger partial charge in [0, 0.05) is 5.56 Å². The van der Waals surface area contributed by atoms with E-state index in [1.54, 1.807) is 67.8 Å². The Bertz CT molecular complexity index is 1480. The molecule has 1 aromatic heterocycles. The number of carbonyl (C=O) groups excluding carboxylic acids is 2. The molecule has 0 radical (unpaired) electrons. The molecule has 0 spiro atoms. The van der Waals surface area contributed by atoms with Crippen molar-refractivity contribution in [3.05, 3.63) is 93.5 Å². The number of aromatic nitrogens is 1. The predicted molar refractivity (Wildman–Crippen MR) is 134 cm³/mol. The maximum atomic E-state index is 13.3. The number of fused-ring (bicyclic) bond motifs is 1. The second kappa shape index (κ2) is 8.76. The van der Waals surface area contributed by atoms with Crippen molar-refractivity contribution in [2.45, 2.75) is 6.04 Å². The molecule has 3 aromatic carbocycles. The minimum Gasteiger partial charge on any atom is -0.507 e. The number of aliphatic hydroxyl groups is 1. The van der Waals surface area contributed by atoms with E-state index in [-0.39, 0.29) is 16.4 Å². The molecule has 0 bridgehead atoms. The molecule has 1 fully saturated rings. The van der Waals surface area contributed by atoms with Crippen molar-refractivity contribution in [3.8, 4) is 5.75 Å². The molecule has 1 aliphatic rings. The molecule has 0 aliphatic carbocycles. The van der Waals surface area contributed by atoms with Crippen LogP contribution in [0, 0.1) is 0 Å². The fraction of sp³-hybridized carbons (Fsp3) is 0.0800. The van der Waals surface area contributed by atoms with E-state index < -0.39 is 17.7 Å². The van der Waals surface area contributed by atoms with Crippen LogP contribution in [-0.4, -0.2) is 28.9 Å². The Morgan fingerprint density at radius 3 is 2.50 bits per heavy atom. The van der Waals surface area contributed by atoms with Crippen LogP contribution in [0.2, 0.25) is 10.0 Å². The summed E-state index contributed by atoms with van der Waals surface area (Å²) in [5, 5.41) is 12.0. The number of benzene rings is 3. The summed E-state index contributed by atoms with van der Waals surface area (Å²) in [6, 6.07) is 17.9. The van der Waals surface area contributed by atoms with Crippen LogP contribution >= 0.6 is 34.5 Å². The van der Waals surface area contributed by atoms with Gasteiger partial charge in [-0.3, -0.25) is 14.5 Å². The lowest BCUT2D eigenvalue weighted by Crippen LogP contribution is -2.29. The molecule has 0 saturated carbocycles. The SMILES string of the molecule is COc1ccc2nc(N3C(=O)C(=O)/C(=C(/O)c4ccccc4)C3c3ccc(Cl)c(Cl)c3)sc2c1. The van der Waals surface area contributed by atoms with E-state index in [0.29, 0.717) is 32.5 Å². The van der Waals surface area contributed by atoms with Crippen LogP contribution in [0.25, 0.3) is 16.0 Å². The Hall–Kier alpha value is -3.39. The van der Waals surface area contributed by atoms with Gasteiger partial charge in [-0.2, -0.15) is 0 Å². The van der Waals surface area contributed by atoms with Gasteiger partial charge in [0.1, 0.15) is 11.5 Å². The number of thiazole rings is 1. The Morgan fingerprint density at radius 2 is 1.79 bits per heavy atom. The summed E-state index contributed by atoms with van der Waals surface area (Å²) in [5.41, 5.74) is 1.53. The van der Waals surface area contributed by atoms with Gasteiger partial charge in [-0.15, -0.1) is 0 Å². The van der Waals surface area contributed by atoms with Gasteiger partial charge >= 0.3 is 5.91 Å². The minimum absolute atomic E-state index is 0.0496. The van der Waals surface area contributed by atoms with E-state index in [2.05, 4.69) is 4.98 Å². The number of hydrogen-bond donors (Lipinski definition) is 1. The maximum Gasteiger partial charge on any atom is 0.301 e. The zero-order valence-electron chi connectivity index (χ0n) is 17.7. The first-order valence-electron chi connectivity index (χ1n) is 10.1. The summed E-state index contributed by atoms with van der Waals surface area (Å²) >= 11 is 13.6. The van der Waals surface area contributed by atoms with Crippen LogP contribution < -0.4 is 9.64 Å². The van der Waals surface area contributed by atoms with Crippen molar-refractivity contribution in [1.82, 2.24) is 4.98 Å². The molecule has 1 N–H and O–H groups in total. The third-order valence-corrected chi connectivity index (χ3v) is 7.30. The Morgan fingerprint density at radius 1 is 1.03 bits per heavy atom. The van der Waals surface area contributed by atoms with Gasteiger partial charge in [0.15, 0.2) is 5.13 Å². The van der Waals surface area contributed by atoms with Crippen molar-refractivity contribution >= 4 is 67.3 Å². The van der Waals surface area contributed by atoms with Gasteiger partial charge in [-0.1, -0.05) is 70.9 Å². The molecule has 1 aliphatic heterocycles. The van der Waals surface area contributed by atoms with Crippen LogP contribution in [0.15, 0.2) is 72.3 Å². The fourth-order valence-electron chi connectivity index (χ4n) is 3.90. The monoisotopic (exact) mass is 510 g/mol. The number of nitrogens with zero attached hydrogens (tertiary/aromatic N) is 2. The normalized spacial score (nSPS) is 17.5. The number of Topliss-reactive ketones (excluding diaryl/α,β-unsaturated/α-hetero) is 1. The summed E-state index contributed by atoms with van der Waals surface area (Å²) in [5.74, 6) is -1.23. The van der Waals surface area contributed by atoms with Crippen molar-refractivity contribution in [2.24, 2.45) is 0 Å². The highest BCUT2D eigenvalue weighted by molar-refractivity contribution is 7.22. The second-order valence-corrected chi connectivity index (χ2v) is 9.36. The molecule has 1 saturated heterocycles. The number of ketones is 1. The van der Waals surface area contributed by atoms with Crippen molar-refractivity contribution in [2.75, 3.05) is 12.0 Å². The molecule has 1 amide bonds. The van der Waals surface area contributed by atoms with Crippen LogP contribution in [0.3, 0.4) is 0 Å². The molecule has 1 unspecified atom stereocenters. The number of halogens is 2. The molecular formula is C25H16Cl2N2O4S. The van der Waals surface area contributed by atoms with Gasteiger partial charge in [0.25, 0.3) is 5.78 Å². The molecular weight excluding hydrogens is 495 g/mol. The molecule has 6 nitrogen and oxygen atoms in total. The van der Waals surface area contributed by atoms with Gasteiger partial charge in [0.2, 0.25) is 0 Å². The number of amides is 1. The molecule has 4 aromatic rings.